The van der Waals surface area contributed by atoms with Crippen LogP contribution >= 0.6 is 0 Å². The fraction of sp³-hybridized carbons (Fsp3) is 0.429. The smallest absolute Gasteiger partial charge is 0.306 e. The molecule has 0 radical (unpaired) electrons. The van der Waals surface area contributed by atoms with Crippen molar-refractivity contribution in [2.45, 2.75) is 26.4 Å². The van der Waals surface area contributed by atoms with Gasteiger partial charge in [0, 0.05) is 57.6 Å². The molecule has 1 atom stereocenters. The number of halogens is 1. The normalized spacial score (nSPS) is 18.0. The van der Waals surface area contributed by atoms with Gasteiger partial charge in [0.1, 0.15) is 0 Å². The Hall–Kier alpha value is -2.60. The van der Waals surface area contributed by atoms with E-state index in [0.29, 0.717) is 37.4 Å². The molecule has 1 aromatic carbocycles. The zero-order chi connectivity index (χ0) is 23.5. The third-order valence-electron chi connectivity index (χ3n) is 5.30. The lowest BCUT2D eigenvalue weighted by Gasteiger charge is -2.39. The van der Waals surface area contributed by atoms with Crippen molar-refractivity contribution in [3.63, 3.8) is 0 Å². The van der Waals surface area contributed by atoms with E-state index >= 15 is 4.39 Å². The molecule has 0 unspecified atom stereocenters. The third-order valence-corrected chi connectivity index (χ3v) is 7.36. The van der Waals surface area contributed by atoms with Gasteiger partial charge in [0.15, 0.2) is 5.82 Å². The van der Waals surface area contributed by atoms with E-state index in [1.807, 2.05) is 18.7 Å². The van der Waals surface area contributed by atoms with Gasteiger partial charge >= 0.3 is 6.03 Å². The van der Waals surface area contributed by atoms with Crippen LogP contribution in [-0.4, -0.2) is 72.7 Å². The molecule has 2 amide bonds. The van der Waals surface area contributed by atoms with Gasteiger partial charge in [-0.25, -0.2) is 9.18 Å². The van der Waals surface area contributed by atoms with Crippen LogP contribution in [0.15, 0.2) is 36.5 Å². The average molecular weight is 465 g/mol. The van der Waals surface area contributed by atoms with Crippen molar-refractivity contribution in [2.24, 2.45) is 0 Å². The van der Waals surface area contributed by atoms with E-state index in [9.17, 15) is 13.2 Å². The van der Waals surface area contributed by atoms with Gasteiger partial charge in [-0.05, 0) is 32.0 Å². The number of nitrogens with one attached hydrogen (secondary N) is 2. The first-order valence-corrected chi connectivity index (χ1v) is 11.7. The van der Waals surface area contributed by atoms with E-state index in [1.54, 1.807) is 24.3 Å². The number of aryl methyl sites for hydroxylation is 1. The van der Waals surface area contributed by atoms with Gasteiger partial charge in [0.25, 0.3) is 10.2 Å². The van der Waals surface area contributed by atoms with Crippen LogP contribution in [0.2, 0.25) is 0 Å². The Morgan fingerprint density at radius 3 is 2.59 bits per heavy atom. The number of pyridine rings is 1. The molecule has 2 heterocycles. The molecule has 1 fully saturated rings. The first-order valence-electron chi connectivity index (χ1n) is 10.3. The van der Waals surface area contributed by atoms with E-state index in [-0.39, 0.29) is 11.7 Å². The quantitative estimate of drug-likeness (QED) is 0.685. The minimum Gasteiger partial charge on any atom is -0.306 e. The monoisotopic (exact) mass is 464 g/mol. The van der Waals surface area contributed by atoms with Gasteiger partial charge in [-0.1, -0.05) is 12.1 Å². The SMILES string of the molecule is Cc1ccc(NC(=O)Nc2cccc(CN3CCN(S(=O)(=O)N(C)C)[C@@H](C)C3)c2F)cn1. The number of carbonyl (C=O) groups excluding carboxylic acids is 1. The second-order valence-corrected chi connectivity index (χ2v) is 10.1. The van der Waals surface area contributed by atoms with Crippen molar-refractivity contribution in [2.75, 3.05) is 44.4 Å². The van der Waals surface area contributed by atoms with Crippen LogP contribution in [0.3, 0.4) is 0 Å². The Kier molecular flexibility index (Phi) is 7.44. The van der Waals surface area contributed by atoms with Crippen LogP contribution in [0.4, 0.5) is 20.6 Å². The molecule has 9 nitrogen and oxygen atoms in total. The molecule has 1 aliphatic rings. The largest absolute Gasteiger partial charge is 0.323 e. The van der Waals surface area contributed by atoms with Gasteiger partial charge in [0.05, 0.1) is 17.6 Å². The first kappa shape index (κ1) is 24.1. The standard InChI is InChI=1S/C21H29FN6O3S/c1-15-8-9-18(12-23-15)24-21(29)25-19-7-5-6-17(20(19)22)14-27-10-11-28(16(2)13-27)32(30,31)26(3)4/h5-9,12,16H,10-11,13-14H2,1-4H3,(H2,24,25,29)/t16-/m0/s1. The number of hydrogen-bond acceptors (Lipinski definition) is 5. The zero-order valence-electron chi connectivity index (χ0n) is 18.7. The van der Waals surface area contributed by atoms with Crippen LogP contribution in [0.25, 0.3) is 0 Å². The molecular weight excluding hydrogens is 435 g/mol. The Balaban J connectivity index is 1.63. The van der Waals surface area contributed by atoms with Crippen LogP contribution in [0.1, 0.15) is 18.2 Å². The maximum atomic E-state index is 15.1. The van der Waals surface area contributed by atoms with E-state index in [4.69, 9.17) is 0 Å². The summed E-state index contributed by atoms with van der Waals surface area (Å²) in [5.74, 6) is -0.513. The fourth-order valence-electron chi connectivity index (χ4n) is 3.58. The Bertz CT molecular complexity index is 1060. The minimum atomic E-state index is -3.50. The van der Waals surface area contributed by atoms with E-state index in [0.717, 1.165) is 5.69 Å². The summed E-state index contributed by atoms with van der Waals surface area (Å²) in [6.45, 7) is 5.28. The molecule has 2 N–H and O–H groups in total. The molecule has 0 spiro atoms. The summed E-state index contributed by atoms with van der Waals surface area (Å²) in [5, 5.41) is 5.16. The molecule has 0 aliphatic carbocycles. The maximum absolute atomic E-state index is 15.1. The average Bonchev–Trinajstić information content (AvgIpc) is 2.72. The Morgan fingerprint density at radius 1 is 1.22 bits per heavy atom. The minimum absolute atomic E-state index is 0.0712. The number of piperazine rings is 1. The number of urea groups is 1. The summed E-state index contributed by atoms with van der Waals surface area (Å²) in [4.78, 5) is 18.4. The molecule has 174 valence electrons. The first-order chi connectivity index (χ1) is 15.1. The van der Waals surface area contributed by atoms with Crippen molar-refractivity contribution in [1.82, 2.24) is 18.5 Å². The summed E-state index contributed by atoms with van der Waals surface area (Å²) >= 11 is 0. The van der Waals surface area contributed by atoms with E-state index in [1.165, 1.54) is 35.0 Å². The van der Waals surface area contributed by atoms with Crippen LogP contribution in [-0.2, 0) is 16.8 Å². The second kappa shape index (κ2) is 9.90. The van der Waals surface area contributed by atoms with E-state index in [2.05, 4.69) is 15.6 Å². The Morgan fingerprint density at radius 2 is 1.97 bits per heavy atom. The Labute approximate surface area is 188 Å². The molecule has 0 bridgehead atoms. The van der Waals surface area contributed by atoms with Crippen molar-refractivity contribution < 1.29 is 17.6 Å². The van der Waals surface area contributed by atoms with Crippen molar-refractivity contribution in [3.05, 3.63) is 53.6 Å². The highest BCUT2D eigenvalue weighted by molar-refractivity contribution is 7.86. The molecule has 3 rings (SSSR count). The van der Waals surface area contributed by atoms with Crippen LogP contribution < -0.4 is 10.6 Å². The molecule has 11 heteroatoms. The summed E-state index contributed by atoms with van der Waals surface area (Å²) in [6.07, 6.45) is 1.53. The van der Waals surface area contributed by atoms with Crippen molar-refractivity contribution >= 4 is 27.6 Å². The number of amides is 2. The van der Waals surface area contributed by atoms with Gasteiger partial charge < -0.3 is 10.6 Å². The molecule has 32 heavy (non-hydrogen) atoms. The third kappa shape index (κ3) is 5.60. The van der Waals surface area contributed by atoms with Gasteiger partial charge in [-0.15, -0.1) is 0 Å². The maximum Gasteiger partial charge on any atom is 0.323 e. The van der Waals surface area contributed by atoms with Gasteiger partial charge in [-0.3, -0.25) is 9.88 Å². The lowest BCUT2D eigenvalue weighted by Crippen LogP contribution is -2.56. The summed E-state index contributed by atoms with van der Waals surface area (Å²) < 4.78 is 42.6. The number of nitrogens with zero attached hydrogens (tertiary/aromatic N) is 4. The predicted octanol–water partition coefficient (Wildman–Crippen LogP) is 2.49. The highest BCUT2D eigenvalue weighted by Crippen LogP contribution is 2.22. The number of carbonyl (C=O) groups is 1. The molecule has 2 aromatic rings. The molecule has 1 saturated heterocycles. The summed E-state index contributed by atoms with van der Waals surface area (Å²) in [5.41, 5.74) is 1.83. The highest BCUT2D eigenvalue weighted by Gasteiger charge is 2.34. The highest BCUT2D eigenvalue weighted by atomic mass is 32.2. The molecule has 1 aromatic heterocycles. The summed E-state index contributed by atoms with van der Waals surface area (Å²) in [6, 6.07) is 7.51. The number of rotatable bonds is 6. The topological polar surface area (TPSA) is 97.9 Å². The molecular formula is C21H29FN6O3S. The zero-order valence-corrected chi connectivity index (χ0v) is 19.5. The van der Waals surface area contributed by atoms with Crippen molar-refractivity contribution in [1.29, 1.82) is 0 Å². The van der Waals surface area contributed by atoms with Gasteiger partial charge in [0.2, 0.25) is 0 Å². The van der Waals surface area contributed by atoms with Crippen LogP contribution in [0, 0.1) is 12.7 Å². The second-order valence-electron chi connectivity index (χ2n) is 8.03. The van der Waals surface area contributed by atoms with Gasteiger partial charge in [-0.2, -0.15) is 17.0 Å². The lowest BCUT2D eigenvalue weighted by molar-refractivity contribution is 0.132. The number of aromatic nitrogens is 1. The van der Waals surface area contributed by atoms with Crippen molar-refractivity contribution in [3.8, 4) is 0 Å². The predicted molar refractivity (Wildman–Crippen MR) is 122 cm³/mol. The molecule has 1 aliphatic heterocycles. The number of hydrogen-bond donors (Lipinski definition) is 2. The van der Waals surface area contributed by atoms with Crippen LogP contribution in [0.5, 0.6) is 0 Å². The number of benzene rings is 1. The fourth-order valence-corrected chi connectivity index (χ4v) is 4.83. The summed E-state index contributed by atoms with van der Waals surface area (Å²) in [7, 11) is -0.480. The number of anilines is 2. The lowest BCUT2D eigenvalue weighted by atomic mass is 10.1. The molecule has 0 saturated carbocycles. The van der Waals surface area contributed by atoms with E-state index < -0.39 is 22.1 Å².